The first-order valence-corrected chi connectivity index (χ1v) is 10.0. The number of ether oxygens (including phenoxy) is 1. The standard InChI is InChI=1S/C24H20N4O2/c25-15-17-4-1-5-18(12-17)19-6-7-22-20(13-19)21(29)14-24(30-22)8-2-11-28(16-24)23-26-9-3-10-27-23/h1,3-7,9-10,12-13H,2,8,11,14,16H2. The first kappa shape index (κ1) is 18.3. The summed E-state index contributed by atoms with van der Waals surface area (Å²) in [5.41, 5.74) is 2.46. The fourth-order valence-corrected chi connectivity index (χ4v) is 4.39. The number of nitriles is 1. The molecule has 1 aromatic heterocycles. The molecule has 0 saturated carbocycles. The van der Waals surface area contributed by atoms with Gasteiger partial charge >= 0.3 is 0 Å². The quantitative estimate of drug-likeness (QED) is 0.651. The molecule has 1 fully saturated rings. The van der Waals surface area contributed by atoms with E-state index in [1.165, 1.54) is 0 Å². The first-order valence-electron chi connectivity index (χ1n) is 10.0. The maximum Gasteiger partial charge on any atom is 0.225 e. The molecule has 148 valence electrons. The third kappa shape index (κ3) is 3.29. The largest absolute Gasteiger partial charge is 0.484 e. The summed E-state index contributed by atoms with van der Waals surface area (Å²) in [6.07, 6.45) is 5.54. The Bertz CT molecular complexity index is 1160. The monoisotopic (exact) mass is 396 g/mol. The van der Waals surface area contributed by atoms with E-state index in [1.807, 2.05) is 36.4 Å². The SMILES string of the molecule is N#Cc1cccc(-c2ccc3c(c2)C(=O)CC2(CCCN(c4ncccn4)C2)O3)c1. The molecule has 6 heteroatoms. The number of fused-ring (bicyclic) bond motifs is 1. The minimum atomic E-state index is -0.552. The number of nitrogens with zero attached hydrogens (tertiary/aromatic N) is 4. The molecule has 3 aromatic rings. The number of carbonyl (C=O) groups is 1. The molecule has 1 saturated heterocycles. The molecule has 1 atom stereocenters. The van der Waals surface area contributed by atoms with Crippen LogP contribution in [0.2, 0.25) is 0 Å². The van der Waals surface area contributed by atoms with Gasteiger partial charge in [0.2, 0.25) is 5.95 Å². The van der Waals surface area contributed by atoms with Crippen molar-refractivity contribution in [3.05, 3.63) is 72.1 Å². The Hall–Kier alpha value is -3.72. The van der Waals surface area contributed by atoms with Gasteiger partial charge in [0, 0.05) is 18.9 Å². The number of Topliss-reactive ketones (excluding diaryl/α,β-unsaturated/α-hetero) is 1. The van der Waals surface area contributed by atoms with E-state index in [0.29, 0.717) is 35.8 Å². The highest BCUT2D eigenvalue weighted by Crippen LogP contribution is 2.40. The van der Waals surface area contributed by atoms with E-state index in [0.717, 1.165) is 30.5 Å². The van der Waals surface area contributed by atoms with Crippen molar-refractivity contribution in [1.82, 2.24) is 9.97 Å². The van der Waals surface area contributed by atoms with Crippen LogP contribution in [0.1, 0.15) is 35.2 Å². The van der Waals surface area contributed by atoms with E-state index in [1.54, 1.807) is 24.5 Å². The van der Waals surface area contributed by atoms with Crippen molar-refractivity contribution in [3.8, 4) is 22.9 Å². The number of anilines is 1. The highest BCUT2D eigenvalue weighted by atomic mass is 16.5. The number of ketones is 1. The molecule has 5 rings (SSSR count). The number of carbonyl (C=O) groups excluding carboxylic acids is 1. The molecule has 30 heavy (non-hydrogen) atoms. The number of aromatic nitrogens is 2. The molecular formula is C24H20N4O2. The van der Waals surface area contributed by atoms with Gasteiger partial charge < -0.3 is 9.64 Å². The van der Waals surface area contributed by atoms with Crippen molar-refractivity contribution in [2.45, 2.75) is 24.9 Å². The predicted octanol–water partition coefficient (Wildman–Crippen LogP) is 4.02. The Morgan fingerprint density at radius 2 is 1.90 bits per heavy atom. The van der Waals surface area contributed by atoms with Gasteiger partial charge in [-0.15, -0.1) is 0 Å². The lowest BCUT2D eigenvalue weighted by molar-refractivity contribution is 0.0301. The van der Waals surface area contributed by atoms with Crippen LogP contribution in [-0.2, 0) is 0 Å². The van der Waals surface area contributed by atoms with Crippen LogP contribution in [0.25, 0.3) is 11.1 Å². The van der Waals surface area contributed by atoms with Crippen molar-refractivity contribution >= 4 is 11.7 Å². The number of piperidine rings is 1. The lowest BCUT2D eigenvalue weighted by atomic mass is 9.83. The van der Waals surface area contributed by atoms with Gasteiger partial charge in [0.1, 0.15) is 11.4 Å². The van der Waals surface area contributed by atoms with Crippen LogP contribution in [0, 0.1) is 11.3 Å². The average molecular weight is 396 g/mol. The zero-order valence-corrected chi connectivity index (χ0v) is 16.4. The molecule has 0 radical (unpaired) electrons. The van der Waals surface area contributed by atoms with Gasteiger partial charge in [-0.3, -0.25) is 4.79 Å². The zero-order valence-electron chi connectivity index (χ0n) is 16.4. The molecule has 3 heterocycles. The van der Waals surface area contributed by atoms with Crippen LogP contribution in [-0.4, -0.2) is 34.4 Å². The van der Waals surface area contributed by atoms with E-state index >= 15 is 0 Å². The summed E-state index contributed by atoms with van der Waals surface area (Å²) < 4.78 is 6.45. The Labute approximate surface area is 174 Å². The van der Waals surface area contributed by atoms with E-state index in [-0.39, 0.29) is 5.78 Å². The van der Waals surface area contributed by atoms with E-state index < -0.39 is 5.60 Å². The molecule has 2 aromatic carbocycles. The summed E-state index contributed by atoms with van der Waals surface area (Å²) in [4.78, 5) is 23.9. The van der Waals surface area contributed by atoms with Crippen molar-refractivity contribution in [1.29, 1.82) is 5.26 Å². The number of benzene rings is 2. The van der Waals surface area contributed by atoms with Gasteiger partial charge in [-0.2, -0.15) is 5.26 Å². The van der Waals surface area contributed by atoms with Gasteiger partial charge in [0.05, 0.1) is 30.2 Å². The lowest BCUT2D eigenvalue weighted by Gasteiger charge is -2.44. The third-order valence-electron chi connectivity index (χ3n) is 5.79. The summed E-state index contributed by atoms with van der Waals surface area (Å²) >= 11 is 0. The van der Waals surface area contributed by atoms with Gasteiger partial charge in [-0.05, 0) is 54.3 Å². The van der Waals surface area contributed by atoms with E-state index in [2.05, 4.69) is 20.9 Å². The highest BCUT2D eigenvalue weighted by molar-refractivity contribution is 6.01. The molecular weight excluding hydrogens is 376 g/mol. The lowest BCUT2D eigenvalue weighted by Crippen LogP contribution is -2.55. The summed E-state index contributed by atoms with van der Waals surface area (Å²) in [6.45, 7) is 1.44. The van der Waals surface area contributed by atoms with Crippen molar-refractivity contribution in [3.63, 3.8) is 0 Å². The second kappa shape index (κ2) is 7.27. The van der Waals surface area contributed by atoms with Crippen molar-refractivity contribution in [2.75, 3.05) is 18.0 Å². The highest BCUT2D eigenvalue weighted by Gasteiger charge is 2.44. The third-order valence-corrected chi connectivity index (χ3v) is 5.79. The summed E-state index contributed by atoms with van der Waals surface area (Å²) in [5.74, 6) is 1.39. The zero-order chi connectivity index (χ0) is 20.6. The Balaban J connectivity index is 1.44. The van der Waals surface area contributed by atoms with Gasteiger partial charge in [0.15, 0.2) is 5.78 Å². The topological polar surface area (TPSA) is 79.1 Å². The average Bonchev–Trinajstić information content (AvgIpc) is 2.79. The van der Waals surface area contributed by atoms with Crippen molar-refractivity contribution < 1.29 is 9.53 Å². The first-order chi connectivity index (χ1) is 14.7. The Kier molecular flexibility index (Phi) is 4.44. The minimum Gasteiger partial charge on any atom is -0.484 e. The van der Waals surface area contributed by atoms with Crippen LogP contribution >= 0.6 is 0 Å². The fraction of sp³-hybridized carbons (Fsp3) is 0.250. The Morgan fingerprint density at radius 3 is 2.73 bits per heavy atom. The minimum absolute atomic E-state index is 0.0883. The van der Waals surface area contributed by atoms with E-state index in [9.17, 15) is 4.79 Å². The van der Waals surface area contributed by atoms with Gasteiger partial charge in [0.25, 0.3) is 0 Å². The summed E-state index contributed by atoms with van der Waals surface area (Å²) in [5, 5.41) is 9.15. The number of rotatable bonds is 2. The van der Waals surface area contributed by atoms with Crippen LogP contribution in [0.4, 0.5) is 5.95 Å². The maximum absolute atomic E-state index is 13.1. The van der Waals surface area contributed by atoms with Crippen LogP contribution in [0.15, 0.2) is 60.9 Å². The maximum atomic E-state index is 13.1. The number of hydrogen-bond donors (Lipinski definition) is 0. The molecule has 0 bridgehead atoms. The molecule has 0 amide bonds. The van der Waals surface area contributed by atoms with Crippen molar-refractivity contribution in [2.24, 2.45) is 0 Å². The van der Waals surface area contributed by atoms with E-state index in [4.69, 9.17) is 10.00 Å². The Morgan fingerprint density at radius 1 is 1.07 bits per heavy atom. The van der Waals surface area contributed by atoms with Crippen LogP contribution in [0.5, 0.6) is 5.75 Å². The molecule has 2 aliphatic heterocycles. The number of hydrogen-bond acceptors (Lipinski definition) is 6. The smallest absolute Gasteiger partial charge is 0.225 e. The molecule has 0 N–H and O–H groups in total. The predicted molar refractivity (Wildman–Crippen MR) is 112 cm³/mol. The molecule has 1 spiro atoms. The molecule has 2 aliphatic rings. The fourth-order valence-electron chi connectivity index (χ4n) is 4.39. The second-order valence-electron chi connectivity index (χ2n) is 7.86. The molecule has 0 aliphatic carbocycles. The summed E-state index contributed by atoms with van der Waals surface area (Å²) in [7, 11) is 0. The second-order valence-corrected chi connectivity index (χ2v) is 7.86. The molecule has 6 nitrogen and oxygen atoms in total. The summed E-state index contributed by atoms with van der Waals surface area (Å²) in [6, 6.07) is 17.0. The van der Waals surface area contributed by atoms with Crippen LogP contribution in [0.3, 0.4) is 0 Å². The normalized spacial score (nSPS) is 20.4. The molecule has 1 unspecified atom stereocenters. The van der Waals surface area contributed by atoms with Gasteiger partial charge in [-0.1, -0.05) is 18.2 Å². The van der Waals surface area contributed by atoms with Gasteiger partial charge in [-0.25, -0.2) is 9.97 Å². The van der Waals surface area contributed by atoms with Crippen LogP contribution < -0.4 is 9.64 Å².